The summed E-state index contributed by atoms with van der Waals surface area (Å²) in [7, 11) is 0. The summed E-state index contributed by atoms with van der Waals surface area (Å²) in [5.74, 6) is 0.852. The van der Waals surface area contributed by atoms with Gasteiger partial charge in [-0.1, -0.05) is 19.9 Å². The van der Waals surface area contributed by atoms with Gasteiger partial charge in [0.2, 0.25) is 0 Å². The van der Waals surface area contributed by atoms with Crippen LogP contribution in [-0.4, -0.2) is 11.2 Å². The first-order chi connectivity index (χ1) is 7.40. The fourth-order valence-corrected chi connectivity index (χ4v) is 2.48. The van der Waals surface area contributed by atoms with Crippen molar-refractivity contribution in [2.24, 2.45) is 0 Å². The van der Waals surface area contributed by atoms with E-state index in [2.05, 4.69) is 19.9 Å². The molecule has 0 radical (unpaired) electrons. The molecule has 2 heteroatoms. The lowest BCUT2D eigenvalue weighted by Gasteiger charge is -2.19. The molecule has 0 aliphatic heterocycles. The van der Waals surface area contributed by atoms with Crippen molar-refractivity contribution in [1.29, 1.82) is 0 Å². The summed E-state index contributed by atoms with van der Waals surface area (Å²) in [6, 6.07) is 6.07. The molecule has 16 heavy (non-hydrogen) atoms. The largest absolute Gasteiger partial charge is 0.491 e. The number of fused-ring (bicyclic) bond motifs is 1. The number of hydrogen-bond acceptors (Lipinski definition) is 2. The number of ether oxygens (including phenoxy) is 1. The molecule has 0 saturated heterocycles. The van der Waals surface area contributed by atoms with Crippen LogP contribution in [0.25, 0.3) is 0 Å². The lowest BCUT2D eigenvalue weighted by Crippen LogP contribution is -2.12. The normalized spacial score (nSPS) is 22.2. The summed E-state index contributed by atoms with van der Waals surface area (Å²) in [5, 5.41) is 10.0. The van der Waals surface area contributed by atoms with Crippen LogP contribution in [0.4, 0.5) is 0 Å². The maximum Gasteiger partial charge on any atom is 0.120 e. The van der Waals surface area contributed by atoms with E-state index in [9.17, 15) is 5.11 Å². The molecule has 1 N–H and O–H groups in total. The first-order valence-electron chi connectivity index (χ1n) is 5.89. The molecule has 0 bridgehead atoms. The van der Waals surface area contributed by atoms with Gasteiger partial charge in [-0.3, -0.25) is 0 Å². The van der Waals surface area contributed by atoms with Crippen molar-refractivity contribution in [3.63, 3.8) is 0 Å². The molecule has 1 aliphatic rings. The molecule has 1 atom stereocenters. The van der Waals surface area contributed by atoms with Crippen molar-refractivity contribution < 1.29 is 9.84 Å². The Hall–Kier alpha value is -1.02. The van der Waals surface area contributed by atoms with E-state index in [1.54, 1.807) is 0 Å². The van der Waals surface area contributed by atoms with Crippen LogP contribution in [0, 0.1) is 0 Å². The first kappa shape index (κ1) is 11.5. The second-order valence-electron chi connectivity index (χ2n) is 5.52. The molecule has 1 aromatic rings. The molecule has 0 amide bonds. The molecule has 1 aliphatic carbocycles. The van der Waals surface area contributed by atoms with E-state index in [1.807, 2.05) is 26.0 Å². The minimum Gasteiger partial charge on any atom is -0.491 e. The standard InChI is InChI=1S/C14H20O2/c1-9(2)16-10-5-6-12-11(7-10)13(15)8-14(12,3)4/h5-7,9,13,15H,8H2,1-4H3/t13-/m0/s1. The van der Waals surface area contributed by atoms with E-state index < -0.39 is 0 Å². The SMILES string of the molecule is CC(C)Oc1ccc2c(c1)[C@@H](O)CC2(C)C. The molecule has 0 aromatic heterocycles. The Morgan fingerprint density at radius 3 is 2.69 bits per heavy atom. The van der Waals surface area contributed by atoms with Gasteiger partial charge in [0.25, 0.3) is 0 Å². The number of hydrogen-bond donors (Lipinski definition) is 1. The molecule has 0 fully saturated rings. The molecule has 1 aromatic carbocycles. The van der Waals surface area contributed by atoms with E-state index in [1.165, 1.54) is 5.56 Å². The van der Waals surface area contributed by atoms with Gasteiger partial charge in [0.1, 0.15) is 5.75 Å². The molecule has 0 spiro atoms. The molecular formula is C14H20O2. The highest BCUT2D eigenvalue weighted by atomic mass is 16.5. The third kappa shape index (κ3) is 1.94. The van der Waals surface area contributed by atoms with Crippen LogP contribution in [0.5, 0.6) is 5.75 Å². The minimum atomic E-state index is -0.347. The quantitative estimate of drug-likeness (QED) is 0.829. The Kier molecular flexibility index (Phi) is 2.70. The zero-order valence-electron chi connectivity index (χ0n) is 10.4. The molecular weight excluding hydrogens is 200 g/mol. The number of rotatable bonds is 2. The first-order valence-corrected chi connectivity index (χ1v) is 5.89. The van der Waals surface area contributed by atoms with Gasteiger partial charge in [-0.2, -0.15) is 0 Å². The van der Waals surface area contributed by atoms with Crippen molar-refractivity contribution in [2.45, 2.75) is 51.7 Å². The molecule has 0 saturated carbocycles. The Morgan fingerprint density at radius 2 is 2.06 bits per heavy atom. The monoisotopic (exact) mass is 220 g/mol. The van der Waals surface area contributed by atoms with Gasteiger partial charge >= 0.3 is 0 Å². The Bertz CT molecular complexity index is 394. The Morgan fingerprint density at radius 1 is 1.38 bits per heavy atom. The predicted molar refractivity (Wildman–Crippen MR) is 64.8 cm³/mol. The summed E-state index contributed by atoms with van der Waals surface area (Å²) in [6.07, 6.45) is 0.623. The minimum absolute atomic E-state index is 0.0745. The molecule has 2 nitrogen and oxygen atoms in total. The van der Waals surface area contributed by atoms with Crippen molar-refractivity contribution in [1.82, 2.24) is 0 Å². The van der Waals surface area contributed by atoms with E-state index in [-0.39, 0.29) is 17.6 Å². The summed E-state index contributed by atoms with van der Waals surface area (Å²) in [6.45, 7) is 8.36. The third-order valence-electron chi connectivity index (χ3n) is 3.19. The lowest BCUT2D eigenvalue weighted by atomic mass is 9.86. The average Bonchev–Trinajstić information content (AvgIpc) is 2.36. The smallest absolute Gasteiger partial charge is 0.120 e. The third-order valence-corrected chi connectivity index (χ3v) is 3.19. The average molecular weight is 220 g/mol. The van der Waals surface area contributed by atoms with Gasteiger partial charge in [0.05, 0.1) is 12.2 Å². The summed E-state index contributed by atoms with van der Waals surface area (Å²) in [5.41, 5.74) is 2.35. The van der Waals surface area contributed by atoms with Crippen LogP contribution < -0.4 is 4.74 Å². The van der Waals surface area contributed by atoms with Crippen LogP contribution >= 0.6 is 0 Å². The van der Waals surface area contributed by atoms with Crippen LogP contribution in [-0.2, 0) is 5.41 Å². The lowest BCUT2D eigenvalue weighted by molar-refractivity contribution is 0.161. The highest BCUT2D eigenvalue weighted by molar-refractivity contribution is 5.44. The predicted octanol–water partition coefficient (Wildman–Crippen LogP) is 3.19. The van der Waals surface area contributed by atoms with Crippen LogP contribution in [0.15, 0.2) is 18.2 Å². The molecule has 88 valence electrons. The van der Waals surface area contributed by atoms with Crippen LogP contribution in [0.1, 0.15) is 51.3 Å². The van der Waals surface area contributed by atoms with Crippen LogP contribution in [0.3, 0.4) is 0 Å². The van der Waals surface area contributed by atoms with Crippen molar-refractivity contribution in [3.05, 3.63) is 29.3 Å². The zero-order chi connectivity index (χ0) is 11.9. The van der Waals surface area contributed by atoms with Gasteiger partial charge in [-0.25, -0.2) is 0 Å². The van der Waals surface area contributed by atoms with Crippen molar-refractivity contribution in [2.75, 3.05) is 0 Å². The van der Waals surface area contributed by atoms with Gasteiger partial charge < -0.3 is 9.84 Å². The summed E-state index contributed by atoms with van der Waals surface area (Å²) in [4.78, 5) is 0. The Balaban J connectivity index is 2.37. The number of benzene rings is 1. The summed E-state index contributed by atoms with van der Waals surface area (Å²) >= 11 is 0. The zero-order valence-corrected chi connectivity index (χ0v) is 10.4. The highest BCUT2D eigenvalue weighted by Crippen LogP contribution is 2.45. The van der Waals surface area contributed by atoms with E-state index in [0.29, 0.717) is 0 Å². The summed E-state index contributed by atoms with van der Waals surface area (Å²) < 4.78 is 5.64. The van der Waals surface area contributed by atoms with Gasteiger partial charge in [-0.05, 0) is 48.9 Å². The second-order valence-corrected chi connectivity index (χ2v) is 5.52. The van der Waals surface area contributed by atoms with Crippen LogP contribution in [0.2, 0.25) is 0 Å². The maximum absolute atomic E-state index is 10.0. The van der Waals surface area contributed by atoms with Crippen molar-refractivity contribution >= 4 is 0 Å². The Labute approximate surface area is 97.3 Å². The molecule has 0 heterocycles. The van der Waals surface area contributed by atoms with Gasteiger partial charge in [-0.15, -0.1) is 0 Å². The second kappa shape index (κ2) is 3.77. The van der Waals surface area contributed by atoms with E-state index >= 15 is 0 Å². The topological polar surface area (TPSA) is 29.5 Å². The van der Waals surface area contributed by atoms with Crippen molar-refractivity contribution in [3.8, 4) is 5.75 Å². The number of aliphatic hydroxyl groups is 1. The number of aliphatic hydroxyl groups excluding tert-OH is 1. The maximum atomic E-state index is 10.0. The van der Waals surface area contributed by atoms with Gasteiger partial charge in [0.15, 0.2) is 0 Å². The van der Waals surface area contributed by atoms with Gasteiger partial charge in [0, 0.05) is 0 Å². The molecule has 0 unspecified atom stereocenters. The fourth-order valence-electron chi connectivity index (χ4n) is 2.48. The molecule has 2 rings (SSSR count). The van der Waals surface area contributed by atoms with E-state index in [0.717, 1.165) is 17.7 Å². The highest BCUT2D eigenvalue weighted by Gasteiger charge is 2.35. The van der Waals surface area contributed by atoms with E-state index in [4.69, 9.17) is 4.74 Å². The fraction of sp³-hybridized carbons (Fsp3) is 0.571.